The summed E-state index contributed by atoms with van der Waals surface area (Å²) >= 11 is 0. The molecule has 1 unspecified atom stereocenters. The first-order valence-electron chi connectivity index (χ1n) is 7.70. The summed E-state index contributed by atoms with van der Waals surface area (Å²) in [5.41, 5.74) is 2.30. The lowest BCUT2D eigenvalue weighted by Crippen LogP contribution is -2.34. The second-order valence-electron chi connectivity index (χ2n) is 5.67. The molecule has 0 bridgehead atoms. The first kappa shape index (κ1) is 16.7. The fraction of sp³-hybridized carbons (Fsp3) is 0.263. The van der Waals surface area contributed by atoms with E-state index in [1.165, 1.54) is 17.7 Å². The number of hydrogen-bond donors (Lipinski definition) is 2. The molecule has 0 aromatic heterocycles. The van der Waals surface area contributed by atoms with Crippen molar-refractivity contribution < 1.29 is 14.7 Å². The van der Waals surface area contributed by atoms with Gasteiger partial charge in [-0.3, -0.25) is 4.79 Å². The molecular weight excluding hydrogens is 290 g/mol. The van der Waals surface area contributed by atoms with Crippen molar-refractivity contribution in [2.75, 3.05) is 0 Å². The number of rotatable bonds is 7. The lowest BCUT2D eigenvalue weighted by molar-refractivity contribution is -0.121. The quantitative estimate of drug-likeness (QED) is 0.826. The molecule has 0 fully saturated rings. The summed E-state index contributed by atoms with van der Waals surface area (Å²) in [5.74, 6) is -1.01. The van der Waals surface area contributed by atoms with Crippen LogP contribution < -0.4 is 5.32 Å². The lowest BCUT2D eigenvalue weighted by Gasteiger charge is -2.14. The molecule has 120 valence electrons. The van der Waals surface area contributed by atoms with Crippen LogP contribution in [0.3, 0.4) is 0 Å². The number of amides is 1. The van der Waals surface area contributed by atoms with E-state index >= 15 is 0 Å². The minimum Gasteiger partial charge on any atom is -0.478 e. The Kier molecular flexibility index (Phi) is 5.92. The number of aromatic carboxylic acids is 1. The highest BCUT2D eigenvalue weighted by Gasteiger charge is 2.09. The molecule has 0 aliphatic rings. The Bertz CT molecular complexity index is 650. The topological polar surface area (TPSA) is 66.4 Å². The molecule has 0 spiro atoms. The first-order chi connectivity index (χ1) is 11.0. The fourth-order valence-electron chi connectivity index (χ4n) is 2.38. The number of carbonyl (C=O) groups is 2. The Morgan fingerprint density at radius 2 is 1.65 bits per heavy atom. The van der Waals surface area contributed by atoms with Gasteiger partial charge in [-0.1, -0.05) is 42.5 Å². The van der Waals surface area contributed by atoms with Crippen LogP contribution in [0.2, 0.25) is 0 Å². The van der Waals surface area contributed by atoms with Gasteiger partial charge in [0, 0.05) is 6.04 Å². The SMILES string of the molecule is CC(CCc1ccccc1)NC(=O)Cc1ccc(C(=O)O)cc1. The van der Waals surface area contributed by atoms with E-state index in [4.69, 9.17) is 5.11 Å². The van der Waals surface area contributed by atoms with E-state index in [9.17, 15) is 9.59 Å². The standard InChI is InChI=1S/C19H21NO3/c1-14(7-8-15-5-3-2-4-6-15)20-18(21)13-16-9-11-17(12-10-16)19(22)23/h2-6,9-12,14H,7-8,13H2,1H3,(H,20,21)(H,22,23). The molecule has 0 aliphatic heterocycles. The first-order valence-corrected chi connectivity index (χ1v) is 7.70. The lowest BCUT2D eigenvalue weighted by atomic mass is 10.1. The van der Waals surface area contributed by atoms with Crippen molar-refractivity contribution in [3.8, 4) is 0 Å². The second-order valence-corrected chi connectivity index (χ2v) is 5.67. The maximum Gasteiger partial charge on any atom is 0.335 e. The van der Waals surface area contributed by atoms with Gasteiger partial charge in [0.15, 0.2) is 0 Å². The minimum atomic E-state index is -0.962. The average molecular weight is 311 g/mol. The van der Waals surface area contributed by atoms with Crippen molar-refractivity contribution in [1.29, 1.82) is 0 Å². The normalized spacial score (nSPS) is 11.7. The van der Waals surface area contributed by atoms with Crippen molar-refractivity contribution in [2.24, 2.45) is 0 Å². The second kappa shape index (κ2) is 8.13. The predicted octanol–water partition coefficient (Wildman–Crippen LogP) is 3.06. The van der Waals surface area contributed by atoms with Gasteiger partial charge >= 0.3 is 5.97 Å². The van der Waals surface area contributed by atoms with Crippen LogP contribution in [0.25, 0.3) is 0 Å². The predicted molar refractivity (Wildman–Crippen MR) is 89.5 cm³/mol. The summed E-state index contributed by atoms with van der Waals surface area (Å²) in [7, 11) is 0. The number of aryl methyl sites for hydroxylation is 1. The van der Waals surface area contributed by atoms with E-state index in [0.29, 0.717) is 0 Å². The van der Waals surface area contributed by atoms with Gasteiger partial charge < -0.3 is 10.4 Å². The minimum absolute atomic E-state index is 0.0476. The third-order valence-corrected chi connectivity index (χ3v) is 3.68. The molecule has 4 heteroatoms. The molecule has 2 N–H and O–H groups in total. The molecule has 0 saturated heterocycles. The molecule has 1 atom stereocenters. The Labute approximate surface area is 136 Å². The van der Waals surface area contributed by atoms with Gasteiger partial charge in [0.1, 0.15) is 0 Å². The van der Waals surface area contributed by atoms with Crippen LogP contribution in [0.4, 0.5) is 0 Å². The molecule has 1 amide bonds. The van der Waals surface area contributed by atoms with E-state index in [-0.39, 0.29) is 23.9 Å². The van der Waals surface area contributed by atoms with Crippen molar-refractivity contribution in [3.63, 3.8) is 0 Å². The van der Waals surface area contributed by atoms with E-state index in [2.05, 4.69) is 17.4 Å². The number of hydrogen-bond acceptors (Lipinski definition) is 2. The van der Waals surface area contributed by atoms with Gasteiger partial charge in [0.25, 0.3) is 0 Å². The Morgan fingerprint density at radius 1 is 1.00 bits per heavy atom. The number of carboxylic acids is 1. The summed E-state index contributed by atoms with van der Waals surface area (Å²) in [6, 6.07) is 16.7. The largest absolute Gasteiger partial charge is 0.478 e. The van der Waals surface area contributed by atoms with Crippen LogP contribution in [-0.2, 0) is 17.6 Å². The van der Waals surface area contributed by atoms with Crippen molar-refractivity contribution >= 4 is 11.9 Å². The van der Waals surface area contributed by atoms with Crippen LogP contribution in [0.15, 0.2) is 54.6 Å². The molecule has 0 aliphatic carbocycles. The van der Waals surface area contributed by atoms with Crippen LogP contribution >= 0.6 is 0 Å². The zero-order valence-corrected chi connectivity index (χ0v) is 13.2. The molecule has 23 heavy (non-hydrogen) atoms. The van der Waals surface area contributed by atoms with E-state index in [1.807, 2.05) is 25.1 Å². The number of carbonyl (C=O) groups excluding carboxylic acids is 1. The van der Waals surface area contributed by atoms with E-state index in [0.717, 1.165) is 18.4 Å². The molecule has 2 aromatic rings. The highest BCUT2D eigenvalue weighted by molar-refractivity contribution is 5.87. The summed E-state index contributed by atoms with van der Waals surface area (Å²) in [6.45, 7) is 1.99. The third-order valence-electron chi connectivity index (χ3n) is 3.68. The average Bonchev–Trinajstić information content (AvgIpc) is 2.54. The molecule has 0 radical (unpaired) electrons. The Balaban J connectivity index is 1.78. The van der Waals surface area contributed by atoms with Crippen LogP contribution in [0.1, 0.15) is 34.8 Å². The summed E-state index contributed by atoms with van der Waals surface area (Å²) in [5, 5.41) is 11.8. The molecule has 2 rings (SSSR count). The third kappa shape index (κ3) is 5.58. The fourth-order valence-corrected chi connectivity index (χ4v) is 2.38. The Hall–Kier alpha value is -2.62. The molecule has 0 saturated carbocycles. The summed E-state index contributed by atoms with van der Waals surface area (Å²) < 4.78 is 0. The van der Waals surface area contributed by atoms with Gasteiger partial charge in [-0.15, -0.1) is 0 Å². The van der Waals surface area contributed by atoms with E-state index in [1.54, 1.807) is 12.1 Å². The summed E-state index contributed by atoms with van der Waals surface area (Å²) in [4.78, 5) is 22.8. The Morgan fingerprint density at radius 3 is 2.26 bits per heavy atom. The maximum atomic E-state index is 12.0. The van der Waals surface area contributed by atoms with Crippen LogP contribution in [0.5, 0.6) is 0 Å². The number of carboxylic acid groups (broad SMARTS) is 1. The van der Waals surface area contributed by atoms with Gasteiger partial charge in [-0.05, 0) is 43.0 Å². The zero-order valence-electron chi connectivity index (χ0n) is 13.2. The van der Waals surface area contributed by atoms with E-state index < -0.39 is 5.97 Å². The van der Waals surface area contributed by atoms with Crippen molar-refractivity contribution in [3.05, 3.63) is 71.3 Å². The molecule has 2 aromatic carbocycles. The molecular formula is C19H21NO3. The van der Waals surface area contributed by atoms with Gasteiger partial charge in [-0.25, -0.2) is 4.79 Å². The van der Waals surface area contributed by atoms with Gasteiger partial charge in [0.05, 0.1) is 12.0 Å². The van der Waals surface area contributed by atoms with Crippen molar-refractivity contribution in [1.82, 2.24) is 5.32 Å². The maximum absolute atomic E-state index is 12.0. The summed E-state index contributed by atoms with van der Waals surface area (Å²) in [6.07, 6.45) is 2.07. The smallest absolute Gasteiger partial charge is 0.335 e. The van der Waals surface area contributed by atoms with Crippen molar-refractivity contribution in [2.45, 2.75) is 32.2 Å². The van der Waals surface area contributed by atoms with Gasteiger partial charge in [0.2, 0.25) is 5.91 Å². The molecule has 0 heterocycles. The van der Waals surface area contributed by atoms with Crippen LogP contribution in [0, 0.1) is 0 Å². The van der Waals surface area contributed by atoms with Gasteiger partial charge in [-0.2, -0.15) is 0 Å². The molecule has 4 nitrogen and oxygen atoms in total. The highest BCUT2D eigenvalue weighted by Crippen LogP contribution is 2.07. The highest BCUT2D eigenvalue weighted by atomic mass is 16.4. The zero-order chi connectivity index (χ0) is 16.7. The number of nitrogens with one attached hydrogen (secondary N) is 1. The van der Waals surface area contributed by atoms with Crippen LogP contribution in [-0.4, -0.2) is 23.0 Å². The number of benzene rings is 2. The monoisotopic (exact) mass is 311 g/mol.